The van der Waals surface area contributed by atoms with Gasteiger partial charge in [0.1, 0.15) is 0 Å². The summed E-state index contributed by atoms with van der Waals surface area (Å²) in [6.45, 7) is 1.58. The number of halogens is 1. The molecule has 0 saturated heterocycles. The number of nitrogens with one attached hydrogen (secondary N) is 3. The van der Waals surface area contributed by atoms with Gasteiger partial charge in [0.25, 0.3) is 0 Å². The van der Waals surface area contributed by atoms with E-state index in [1.807, 2.05) is 24.3 Å². The van der Waals surface area contributed by atoms with Crippen molar-refractivity contribution in [2.45, 2.75) is 13.1 Å². The Kier molecular flexibility index (Phi) is 5.87. The molecule has 0 atom stereocenters. The number of fused-ring (bicyclic) bond motifs is 1. The molecule has 1 aliphatic heterocycles. The molecule has 0 unspecified atom stereocenters. The molecule has 3 N–H and O–H groups in total. The van der Waals surface area contributed by atoms with Crippen LogP contribution in [-0.4, -0.2) is 30.0 Å². The topological polar surface area (TPSA) is 83.6 Å². The molecule has 8 heteroatoms. The van der Waals surface area contributed by atoms with Gasteiger partial charge in [0.15, 0.2) is 17.5 Å². The lowest BCUT2D eigenvalue weighted by Crippen LogP contribution is -2.36. The molecule has 0 fully saturated rings. The van der Waals surface area contributed by atoms with E-state index in [1.54, 1.807) is 13.2 Å². The Morgan fingerprint density at radius 1 is 1.23 bits per heavy atom. The van der Waals surface area contributed by atoms with Gasteiger partial charge < -0.3 is 20.1 Å². The van der Waals surface area contributed by atoms with E-state index in [-0.39, 0.29) is 24.0 Å². The standard InChI is InChI=1S/C14H17N5O2.HI/c1-15-14(17-8-11-4-5-18-19-11)16-7-10-2-3-12-13(6-10)21-9-20-12;/h2-6H,7-9H2,1H3,(H,18,19)(H2,15,16,17);1H. The van der Waals surface area contributed by atoms with Crippen LogP contribution in [0, 0.1) is 0 Å². The van der Waals surface area contributed by atoms with Crippen molar-refractivity contribution in [3.63, 3.8) is 0 Å². The zero-order valence-corrected chi connectivity index (χ0v) is 14.5. The lowest BCUT2D eigenvalue weighted by atomic mass is 10.2. The van der Waals surface area contributed by atoms with E-state index in [0.29, 0.717) is 19.9 Å². The molecule has 2 aromatic rings. The average molecular weight is 415 g/mol. The zero-order chi connectivity index (χ0) is 14.5. The van der Waals surface area contributed by atoms with Gasteiger partial charge >= 0.3 is 0 Å². The van der Waals surface area contributed by atoms with Crippen LogP contribution in [0.4, 0.5) is 0 Å². The molecule has 1 aromatic heterocycles. The first kappa shape index (κ1) is 16.4. The van der Waals surface area contributed by atoms with E-state index in [0.717, 1.165) is 28.7 Å². The number of ether oxygens (including phenoxy) is 2. The fourth-order valence-corrected chi connectivity index (χ4v) is 2.02. The van der Waals surface area contributed by atoms with Gasteiger partial charge in [-0.25, -0.2) is 0 Å². The lowest BCUT2D eigenvalue weighted by molar-refractivity contribution is 0.174. The molecule has 0 amide bonds. The van der Waals surface area contributed by atoms with Gasteiger partial charge in [0.05, 0.1) is 12.2 Å². The van der Waals surface area contributed by atoms with Crippen molar-refractivity contribution in [2.24, 2.45) is 4.99 Å². The van der Waals surface area contributed by atoms with Crippen LogP contribution < -0.4 is 20.1 Å². The maximum Gasteiger partial charge on any atom is 0.231 e. The number of hydrogen-bond acceptors (Lipinski definition) is 4. The van der Waals surface area contributed by atoms with Crippen molar-refractivity contribution < 1.29 is 9.47 Å². The van der Waals surface area contributed by atoms with Crippen molar-refractivity contribution in [2.75, 3.05) is 13.8 Å². The van der Waals surface area contributed by atoms with Crippen molar-refractivity contribution in [1.82, 2.24) is 20.8 Å². The summed E-state index contributed by atoms with van der Waals surface area (Å²) in [6.07, 6.45) is 1.72. The molecule has 3 rings (SSSR count). The number of rotatable bonds is 4. The smallest absolute Gasteiger partial charge is 0.231 e. The fraction of sp³-hybridized carbons (Fsp3) is 0.286. The highest BCUT2D eigenvalue weighted by molar-refractivity contribution is 14.0. The summed E-state index contributed by atoms with van der Waals surface area (Å²) in [7, 11) is 1.74. The SMILES string of the molecule is CN=C(NCc1ccc2c(c1)OCO2)NCc1ccn[nH]1.I. The van der Waals surface area contributed by atoms with Crippen molar-refractivity contribution in [3.05, 3.63) is 41.7 Å². The minimum Gasteiger partial charge on any atom is -0.454 e. The quantitative estimate of drug-likeness (QED) is 0.402. The number of benzene rings is 1. The predicted molar refractivity (Wildman–Crippen MR) is 93.6 cm³/mol. The number of nitrogens with zero attached hydrogens (tertiary/aromatic N) is 2. The molecule has 1 aliphatic rings. The monoisotopic (exact) mass is 415 g/mol. The van der Waals surface area contributed by atoms with Crippen molar-refractivity contribution in [1.29, 1.82) is 0 Å². The van der Waals surface area contributed by atoms with Gasteiger partial charge in [0, 0.05) is 19.8 Å². The molecule has 0 saturated carbocycles. The van der Waals surface area contributed by atoms with Crippen LogP contribution in [0.2, 0.25) is 0 Å². The van der Waals surface area contributed by atoms with E-state index >= 15 is 0 Å². The molecule has 22 heavy (non-hydrogen) atoms. The Balaban J connectivity index is 0.00000176. The largest absolute Gasteiger partial charge is 0.454 e. The van der Waals surface area contributed by atoms with Gasteiger partial charge in [-0.05, 0) is 23.8 Å². The van der Waals surface area contributed by atoms with Crippen LogP contribution in [0.3, 0.4) is 0 Å². The first-order valence-electron chi connectivity index (χ1n) is 6.66. The molecular weight excluding hydrogens is 397 g/mol. The summed E-state index contributed by atoms with van der Waals surface area (Å²) in [5.74, 6) is 2.30. The molecule has 1 aromatic carbocycles. The van der Waals surface area contributed by atoms with Crippen LogP contribution in [0.1, 0.15) is 11.3 Å². The Hall–Kier alpha value is -1.97. The molecular formula is C14H18IN5O2. The second kappa shape index (κ2) is 7.87. The van der Waals surface area contributed by atoms with Crippen LogP contribution >= 0.6 is 24.0 Å². The van der Waals surface area contributed by atoms with E-state index in [4.69, 9.17) is 9.47 Å². The van der Waals surface area contributed by atoms with E-state index in [2.05, 4.69) is 25.8 Å². The van der Waals surface area contributed by atoms with Crippen LogP contribution in [0.25, 0.3) is 0 Å². The Morgan fingerprint density at radius 3 is 2.82 bits per heavy atom. The molecule has 2 heterocycles. The second-order valence-corrected chi connectivity index (χ2v) is 4.55. The summed E-state index contributed by atoms with van der Waals surface area (Å²) in [4.78, 5) is 4.18. The maximum absolute atomic E-state index is 5.36. The number of H-pyrrole nitrogens is 1. The number of hydrogen-bond donors (Lipinski definition) is 3. The van der Waals surface area contributed by atoms with Crippen LogP contribution in [0.5, 0.6) is 11.5 Å². The Bertz CT molecular complexity index is 630. The lowest BCUT2D eigenvalue weighted by Gasteiger charge is -2.11. The van der Waals surface area contributed by atoms with Crippen molar-refractivity contribution >= 4 is 29.9 Å². The first-order chi connectivity index (χ1) is 10.3. The minimum atomic E-state index is 0. The van der Waals surface area contributed by atoms with Crippen molar-refractivity contribution in [3.8, 4) is 11.5 Å². The van der Waals surface area contributed by atoms with Crippen LogP contribution in [-0.2, 0) is 13.1 Å². The average Bonchev–Trinajstić information content (AvgIpc) is 3.18. The van der Waals surface area contributed by atoms with Gasteiger partial charge in [-0.2, -0.15) is 5.10 Å². The normalized spacial score (nSPS) is 12.7. The summed E-state index contributed by atoms with van der Waals surface area (Å²) in [5, 5.41) is 13.2. The number of guanidine groups is 1. The molecule has 0 radical (unpaired) electrons. The van der Waals surface area contributed by atoms with Crippen LogP contribution in [0.15, 0.2) is 35.5 Å². The summed E-state index contributed by atoms with van der Waals surface area (Å²) < 4.78 is 10.7. The first-order valence-corrected chi connectivity index (χ1v) is 6.66. The fourth-order valence-electron chi connectivity index (χ4n) is 2.02. The molecule has 0 aliphatic carbocycles. The number of aliphatic imine (C=N–C) groups is 1. The highest BCUT2D eigenvalue weighted by Crippen LogP contribution is 2.32. The van der Waals surface area contributed by atoms with E-state index in [9.17, 15) is 0 Å². The molecule has 0 bridgehead atoms. The predicted octanol–water partition coefficient (Wildman–Crippen LogP) is 1.62. The Labute approximate surface area is 145 Å². The molecule has 118 valence electrons. The summed E-state index contributed by atoms with van der Waals surface area (Å²) in [5.41, 5.74) is 2.10. The number of aromatic nitrogens is 2. The van der Waals surface area contributed by atoms with Gasteiger partial charge in [-0.1, -0.05) is 6.07 Å². The highest BCUT2D eigenvalue weighted by atomic mass is 127. The van der Waals surface area contributed by atoms with E-state index in [1.165, 1.54) is 0 Å². The Morgan fingerprint density at radius 2 is 2.05 bits per heavy atom. The second-order valence-electron chi connectivity index (χ2n) is 4.55. The highest BCUT2D eigenvalue weighted by Gasteiger charge is 2.13. The summed E-state index contributed by atoms with van der Waals surface area (Å²) >= 11 is 0. The maximum atomic E-state index is 5.36. The van der Waals surface area contributed by atoms with Gasteiger partial charge in [0.2, 0.25) is 6.79 Å². The molecule has 0 spiro atoms. The summed E-state index contributed by atoms with van der Waals surface area (Å²) in [6, 6.07) is 7.80. The zero-order valence-electron chi connectivity index (χ0n) is 12.1. The third-order valence-electron chi connectivity index (χ3n) is 3.13. The van der Waals surface area contributed by atoms with Gasteiger partial charge in [-0.15, -0.1) is 24.0 Å². The minimum absolute atomic E-state index is 0. The van der Waals surface area contributed by atoms with E-state index < -0.39 is 0 Å². The van der Waals surface area contributed by atoms with Gasteiger partial charge in [-0.3, -0.25) is 10.1 Å². The third-order valence-corrected chi connectivity index (χ3v) is 3.13. The number of aromatic amines is 1. The third kappa shape index (κ3) is 4.03. The molecule has 7 nitrogen and oxygen atoms in total.